The topological polar surface area (TPSA) is 20.3 Å². The van der Waals surface area contributed by atoms with Crippen molar-refractivity contribution in [3.63, 3.8) is 0 Å². The number of nitrogens with zero attached hydrogens (tertiary/aromatic N) is 1. The van der Waals surface area contributed by atoms with Gasteiger partial charge in [0.2, 0.25) is 0 Å². The molecule has 1 aliphatic rings. The zero-order chi connectivity index (χ0) is 8.32. The van der Waals surface area contributed by atoms with Gasteiger partial charge in [0.15, 0.2) is 0 Å². The van der Waals surface area contributed by atoms with Crippen LogP contribution in [-0.4, -0.2) is 18.1 Å². The van der Waals surface area contributed by atoms with E-state index in [1.54, 1.807) is 24.4 Å². The van der Waals surface area contributed by atoms with Crippen LogP contribution in [0.1, 0.15) is 0 Å². The molecule has 0 saturated heterocycles. The van der Waals surface area contributed by atoms with Crippen LogP contribution in [-0.2, 0) is 4.57 Å². The molecule has 0 N–H and O–H groups in total. The summed E-state index contributed by atoms with van der Waals surface area (Å²) >= 11 is 0. The molecule has 0 aromatic carbocycles. The average Bonchev–Trinajstić information content (AvgIpc) is 1.94. The Kier molecular flexibility index (Phi) is 2.35. The van der Waals surface area contributed by atoms with Crippen molar-refractivity contribution in [1.29, 1.82) is 0 Å². The Morgan fingerprint density at radius 2 is 2.09 bits per heavy atom. The van der Waals surface area contributed by atoms with Crippen LogP contribution in [0.4, 0.5) is 0 Å². The molecule has 0 aliphatic carbocycles. The van der Waals surface area contributed by atoms with E-state index < -0.39 is 7.14 Å². The van der Waals surface area contributed by atoms with Gasteiger partial charge in [-0.2, -0.15) is 0 Å². The standard InChI is InChI=1S/C8H12NOP/c1-3-4-9-5-7-11(2,10)8-6-9/h3,5-8H,1,4H2,2H3. The van der Waals surface area contributed by atoms with Crippen LogP contribution < -0.4 is 0 Å². The van der Waals surface area contributed by atoms with Gasteiger partial charge in [-0.1, -0.05) is 6.08 Å². The third-order valence-electron chi connectivity index (χ3n) is 1.45. The summed E-state index contributed by atoms with van der Waals surface area (Å²) in [5.41, 5.74) is 0. The minimum absolute atomic E-state index is 0.771. The molecule has 0 unspecified atom stereocenters. The maximum Gasteiger partial charge on any atom is 0.129 e. The molecule has 3 heteroatoms. The molecular weight excluding hydrogens is 157 g/mol. The SMILES string of the molecule is C=CCN1C=CP(C)(=O)C=C1. The van der Waals surface area contributed by atoms with E-state index in [4.69, 9.17) is 0 Å². The van der Waals surface area contributed by atoms with Crippen LogP contribution in [0.5, 0.6) is 0 Å². The Hall–Kier alpha value is -0.750. The summed E-state index contributed by atoms with van der Waals surface area (Å²) in [6, 6.07) is 0. The smallest absolute Gasteiger partial charge is 0.129 e. The summed E-state index contributed by atoms with van der Waals surface area (Å²) in [6.07, 6.45) is 5.48. The van der Waals surface area contributed by atoms with E-state index in [9.17, 15) is 4.57 Å². The highest BCUT2D eigenvalue weighted by Crippen LogP contribution is 2.46. The van der Waals surface area contributed by atoms with Gasteiger partial charge < -0.3 is 9.46 Å². The Labute approximate surface area is 67.3 Å². The first-order chi connectivity index (χ1) is 5.14. The molecular formula is C8H12NOP. The maximum absolute atomic E-state index is 11.4. The van der Waals surface area contributed by atoms with E-state index >= 15 is 0 Å². The summed E-state index contributed by atoms with van der Waals surface area (Å²) in [4.78, 5) is 1.94. The molecule has 1 aliphatic heterocycles. The predicted octanol–water partition coefficient (Wildman–Crippen LogP) is 2.42. The minimum Gasteiger partial charge on any atom is -0.350 e. The first-order valence-corrected chi connectivity index (χ1v) is 5.75. The van der Waals surface area contributed by atoms with Crippen LogP contribution in [0.25, 0.3) is 0 Å². The van der Waals surface area contributed by atoms with Gasteiger partial charge in [0.25, 0.3) is 0 Å². The second-order valence-corrected chi connectivity index (χ2v) is 5.35. The summed E-state index contributed by atoms with van der Waals surface area (Å²) in [6.45, 7) is 6.12. The number of hydrogen-bond donors (Lipinski definition) is 0. The lowest BCUT2D eigenvalue weighted by atomic mass is 10.5. The van der Waals surface area contributed by atoms with E-state index in [2.05, 4.69) is 6.58 Å². The van der Waals surface area contributed by atoms with E-state index in [1.165, 1.54) is 0 Å². The van der Waals surface area contributed by atoms with Gasteiger partial charge >= 0.3 is 0 Å². The van der Waals surface area contributed by atoms with Gasteiger partial charge in [-0.15, -0.1) is 6.58 Å². The molecule has 60 valence electrons. The van der Waals surface area contributed by atoms with E-state index in [0.717, 1.165) is 6.54 Å². The van der Waals surface area contributed by atoms with Crippen molar-refractivity contribution in [2.45, 2.75) is 0 Å². The van der Waals surface area contributed by atoms with Gasteiger partial charge in [0.1, 0.15) is 7.14 Å². The molecule has 0 spiro atoms. The maximum atomic E-state index is 11.4. The first-order valence-electron chi connectivity index (χ1n) is 3.46. The van der Waals surface area contributed by atoms with Crippen LogP contribution in [0.15, 0.2) is 36.7 Å². The van der Waals surface area contributed by atoms with Gasteiger partial charge in [0, 0.05) is 18.9 Å². The van der Waals surface area contributed by atoms with E-state index in [-0.39, 0.29) is 0 Å². The fourth-order valence-electron chi connectivity index (χ4n) is 0.806. The molecule has 1 rings (SSSR count). The number of hydrogen-bond acceptors (Lipinski definition) is 2. The minimum atomic E-state index is -2.08. The van der Waals surface area contributed by atoms with Crippen molar-refractivity contribution in [3.8, 4) is 0 Å². The van der Waals surface area contributed by atoms with Crippen molar-refractivity contribution >= 4 is 7.14 Å². The second kappa shape index (κ2) is 3.10. The lowest BCUT2D eigenvalue weighted by molar-refractivity contribution is 0.557. The molecule has 11 heavy (non-hydrogen) atoms. The fourth-order valence-corrected chi connectivity index (χ4v) is 1.78. The third-order valence-corrected chi connectivity index (χ3v) is 2.90. The van der Waals surface area contributed by atoms with Gasteiger partial charge in [0.05, 0.1) is 0 Å². The Balaban J connectivity index is 2.64. The van der Waals surface area contributed by atoms with E-state index in [1.807, 2.05) is 17.3 Å². The van der Waals surface area contributed by atoms with Crippen LogP contribution in [0.2, 0.25) is 0 Å². The predicted molar refractivity (Wildman–Crippen MR) is 48.7 cm³/mol. The Morgan fingerprint density at radius 1 is 1.55 bits per heavy atom. The van der Waals surface area contributed by atoms with Crippen molar-refractivity contribution in [3.05, 3.63) is 36.7 Å². The average molecular weight is 169 g/mol. The highest BCUT2D eigenvalue weighted by molar-refractivity contribution is 7.69. The van der Waals surface area contributed by atoms with Gasteiger partial charge in [-0.3, -0.25) is 0 Å². The summed E-state index contributed by atoms with van der Waals surface area (Å²) in [7, 11) is -2.08. The molecule has 0 atom stereocenters. The lowest BCUT2D eigenvalue weighted by Crippen LogP contribution is -2.10. The number of rotatable bonds is 2. The van der Waals surface area contributed by atoms with Gasteiger partial charge in [-0.05, 0) is 18.3 Å². The van der Waals surface area contributed by atoms with Gasteiger partial charge in [-0.25, -0.2) is 0 Å². The zero-order valence-electron chi connectivity index (χ0n) is 6.60. The van der Waals surface area contributed by atoms with Crippen molar-refractivity contribution in [2.24, 2.45) is 0 Å². The van der Waals surface area contributed by atoms with Crippen molar-refractivity contribution in [2.75, 3.05) is 13.2 Å². The fraction of sp³-hybridized carbons (Fsp3) is 0.250. The molecule has 0 amide bonds. The summed E-state index contributed by atoms with van der Waals surface area (Å²) < 4.78 is 11.4. The molecule has 1 heterocycles. The third kappa shape index (κ3) is 2.39. The zero-order valence-corrected chi connectivity index (χ0v) is 7.50. The summed E-state index contributed by atoms with van der Waals surface area (Å²) in [5.74, 6) is 3.49. The second-order valence-electron chi connectivity index (χ2n) is 2.64. The lowest BCUT2D eigenvalue weighted by Gasteiger charge is -2.17. The molecule has 0 radical (unpaired) electrons. The molecule has 0 fully saturated rings. The largest absolute Gasteiger partial charge is 0.350 e. The monoisotopic (exact) mass is 169 g/mol. The Bertz CT molecular complexity index is 237. The quantitative estimate of drug-likeness (QED) is 0.467. The summed E-state index contributed by atoms with van der Waals surface area (Å²) in [5, 5.41) is 0. The highest BCUT2D eigenvalue weighted by Gasteiger charge is 2.09. The first kappa shape index (κ1) is 8.35. The molecule has 0 aromatic rings. The van der Waals surface area contributed by atoms with Crippen molar-refractivity contribution in [1.82, 2.24) is 4.90 Å². The van der Waals surface area contributed by atoms with Crippen LogP contribution >= 0.6 is 7.14 Å². The van der Waals surface area contributed by atoms with Crippen LogP contribution in [0, 0.1) is 0 Å². The normalized spacial score (nSPS) is 20.3. The highest BCUT2D eigenvalue weighted by atomic mass is 31.2. The van der Waals surface area contributed by atoms with E-state index in [0.29, 0.717) is 0 Å². The molecule has 2 nitrogen and oxygen atoms in total. The Morgan fingerprint density at radius 3 is 2.55 bits per heavy atom. The molecule has 0 bridgehead atoms. The molecule has 0 saturated carbocycles. The van der Waals surface area contributed by atoms with Crippen molar-refractivity contribution < 1.29 is 4.57 Å². The molecule has 0 aromatic heterocycles. The van der Waals surface area contributed by atoms with Crippen LogP contribution in [0.3, 0.4) is 0 Å².